The standard InChI is InChI=1S/C14H17Cl2NO2S/c15-12-3-4-13(16)14(7-12)20(18,19)17-8-11-6-9-1-2-10(11)5-9/h3-4,7,9-11,17H,1-2,5-6,8H2/t9-,10+,11-/m0/s1. The molecule has 2 bridgehead atoms. The summed E-state index contributed by atoms with van der Waals surface area (Å²) in [6.45, 7) is 0.506. The highest BCUT2D eigenvalue weighted by Crippen LogP contribution is 2.48. The summed E-state index contributed by atoms with van der Waals surface area (Å²) in [6.07, 6.45) is 4.98. The van der Waals surface area contributed by atoms with Gasteiger partial charge in [-0.25, -0.2) is 13.1 Å². The molecule has 3 atom stereocenters. The van der Waals surface area contributed by atoms with E-state index in [9.17, 15) is 8.42 Å². The molecule has 2 saturated carbocycles. The van der Waals surface area contributed by atoms with Crippen molar-refractivity contribution in [2.24, 2.45) is 17.8 Å². The molecule has 0 heterocycles. The van der Waals surface area contributed by atoms with Crippen LogP contribution in [-0.2, 0) is 10.0 Å². The van der Waals surface area contributed by atoms with E-state index < -0.39 is 10.0 Å². The number of fused-ring (bicyclic) bond motifs is 2. The number of rotatable bonds is 4. The Kier molecular flexibility index (Phi) is 4.01. The molecule has 0 aliphatic heterocycles. The third-order valence-electron chi connectivity index (χ3n) is 4.60. The molecule has 1 N–H and O–H groups in total. The molecule has 3 nitrogen and oxygen atoms in total. The van der Waals surface area contributed by atoms with E-state index in [-0.39, 0.29) is 9.92 Å². The Morgan fingerprint density at radius 3 is 2.65 bits per heavy atom. The molecule has 0 unspecified atom stereocenters. The van der Waals surface area contributed by atoms with Crippen molar-refractivity contribution in [2.75, 3.05) is 6.54 Å². The highest BCUT2D eigenvalue weighted by Gasteiger charge is 2.39. The fourth-order valence-corrected chi connectivity index (χ4v) is 5.46. The minimum Gasteiger partial charge on any atom is -0.211 e. The summed E-state index contributed by atoms with van der Waals surface area (Å²) in [5.41, 5.74) is 0. The van der Waals surface area contributed by atoms with Crippen molar-refractivity contribution in [3.8, 4) is 0 Å². The van der Waals surface area contributed by atoms with Crippen LogP contribution in [-0.4, -0.2) is 15.0 Å². The maximum atomic E-state index is 12.3. The van der Waals surface area contributed by atoms with Crippen molar-refractivity contribution in [3.63, 3.8) is 0 Å². The lowest BCUT2D eigenvalue weighted by Gasteiger charge is -2.21. The minimum atomic E-state index is -3.58. The van der Waals surface area contributed by atoms with Gasteiger partial charge in [-0.2, -0.15) is 0 Å². The first-order chi connectivity index (χ1) is 9.45. The van der Waals surface area contributed by atoms with Crippen LogP contribution >= 0.6 is 23.2 Å². The maximum Gasteiger partial charge on any atom is 0.242 e. The summed E-state index contributed by atoms with van der Waals surface area (Å²) in [6, 6.07) is 4.49. The smallest absolute Gasteiger partial charge is 0.211 e. The van der Waals surface area contributed by atoms with Crippen molar-refractivity contribution in [1.82, 2.24) is 4.72 Å². The predicted octanol–water partition coefficient (Wildman–Crippen LogP) is 3.71. The van der Waals surface area contributed by atoms with Gasteiger partial charge in [-0.1, -0.05) is 29.6 Å². The van der Waals surface area contributed by atoms with Crippen LogP contribution < -0.4 is 4.72 Å². The minimum absolute atomic E-state index is 0.0647. The number of sulfonamides is 1. The van der Waals surface area contributed by atoms with Crippen LogP contribution in [0.1, 0.15) is 25.7 Å². The van der Waals surface area contributed by atoms with E-state index in [1.165, 1.54) is 31.4 Å². The lowest BCUT2D eigenvalue weighted by atomic mass is 9.89. The Morgan fingerprint density at radius 2 is 2.00 bits per heavy atom. The van der Waals surface area contributed by atoms with Gasteiger partial charge in [0.15, 0.2) is 0 Å². The number of halogens is 2. The zero-order valence-electron chi connectivity index (χ0n) is 11.0. The summed E-state index contributed by atoms with van der Waals surface area (Å²) in [4.78, 5) is 0.0647. The monoisotopic (exact) mass is 333 g/mol. The molecule has 2 fully saturated rings. The molecule has 0 aromatic heterocycles. The number of benzene rings is 1. The zero-order chi connectivity index (χ0) is 14.3. The van der Waals surface area contributed by atoms with E-state index in [1.54, 1.807) is 6.07 Å². The highest BCUT2D eigenvalue weighted by atomic mass is 35.5. The first-order valence-corrected chi connectivity index (χ1v) is 9.14. The van der Waals surface area contributed by atoms with Crippen LogP contribution in [0.3, 0.4) is 0 Å². The Bertz CT molecular complexity index is 618. The van der Waals surface area contributed by atoms with Crippen molar-refractivity contribution in [3.05, 3.63) is 28.2 Å². The molecule has 0 spiro atoms. The van der Waals surface area contributed by atoms with Crippen LogP contribution in [0, 0.1) is 17.8 Å². The van der Waals surface area contributed by atoms with Crippen molar-refractivity contribution in [1.29, 1.82) is 0 Å². The van der Waals surface area contributed by atoms with Gasteiger partial charge in [0.05, 0.1) is 5.02 Å². The average Bonchev–Trinajstić information content (AvgIpc) is 3.01. The Morgan fingerprint density at radius 1 is 1.20 bits per heavy atom. The largest absolute Gasteiger partial charge is 0.242 e. The lowest BCUT2D eigenvalue weighted by Crippen LogP contribution is -2.31. The summed E-state index contributed by atoms with van der Waals surface area (Å²) >= 11 is 11.8. The molecule has 3 rings (SSSR count). The van der Waals surface area contributed by atoms with Gasteiger partial charge in [0.2, 0.25) is 10.0 Å². The summed E-state index contributed by atoms with van der Waals surface area (Å²) in [5.74, 6) is 1.98. The van der Waals surface area contributed by atoms with Gasteiger partial charge in [-0.15, -0.1) is 0 Å². The van der Waals surface area contributed by atoms with E-state index in [0.717, 1.165) is 12.3 Å². The molecule has 1 aromatic carbocycles. The first-order valence-electron chi connectivity index (χ1n) is 6.90. The second-order valence-electron chi connectivity index (χ2n) is 5.86. The Labute approximate surface area is 129 Å². The van der Waals surface area contributed by atoms with E-state index in [2.05, 4.69) is 4.72 Å². The lowest BCUT2D eigenvalue weighted by molar-refractivity contribution is 0.333. The van der Waals surface area contributed by atoms with Gasteiger partial charge in [0.25, 0.3) is 0 Å². The number of hydrogen-bond donors (Lipinski definition) is 1. The van der Waals surface area contributed by atoms with Gasteiger partial charge < -0.3 is 0 Å². The molecule has 2 aliphatic carbocycles. The molecule has 2 aliphatic rings. The van der Waals surface area contributed by atoms with Gasteiger partial charge >= 0.3 is 0 Å². The first kappa shape index (κ1) is 14.6. The van der Waals surface area contributed by atoms with Crippen LogP contribution in [0.5, 0.6) is 0 Å². The second-order valence-corrected chi connectivity index (χ2v) is 8.44. The molecule has 0 radical (unpaired) electrons. The van der Waals surface area contributed by atoms with E-state index >= 15 is 0 Å². The molecular formula is C14H17Cl2NO2S. The van der Waals surface area contributed by atoms with E-state index in [4.69, 9.17) is 23.2 Å². The molecular weight excluding hydrogens is 317 g/mol. The molecule has 20 heavy (non-hydrogen) atoms. The van der Waals surface area contributed by atoms with Gasteiger partial charge in [0.1, 0.15) is 4.90 Å². The van der Waals surface area contributed by atoms with Crippen molar-refractivity contribution in [2.45, 2.75) is 30.6 Å². The van der Waals surface area contributed by atoms with E-state index in [0.29, 0.717) is 23.4 Å². The fourth-order valence-electron chi connectivity index (χ4n) is 3.60. The van der Waals surface area contributed by atoms with Crippen LogP contribution in [0.15, 0.2) is 23.1 Å². The molecule has 6 heteroatoms. The molecule has 110 valence electrons. The van der Waals surface area contributed by atoms with Gasteiger partial charge in [0, 0.05) is 11.6 Å². The topological polar surface area (TPSA) is 46.2 Å². The number of hydrogen-bond acceptors (Lipinski definition) is 2. The third-order valence-corrected chi connectivity index (χ3v) is 6.74. The van der Waals surface area contributed by atoms with Crippen molar-refractivity contribution < 1.29 is 8.42 Å². The van der Waals surface area contributed by atoms with Crippen molar-refractivity contribution >= 4 is 33.2 Å². The Balaban J connectivity index is 1.71. The SMILES string of the molecule is O=S(=O)(NC[C@@H]1C[C@H]2CC[C@@H]1C2)c1cc(Cl)ccc1Cl. The predicted molar refractivity (Wildman–Crippen MR) is 80.6 cm³/mol. The maximum absolute atomic E-state index is 12.3. The summed E-state index contributed by atoms with van der Waals surface area (Å²) in [5, 5.41) is 0.574. The molecule has 0 saturated heterocycles. The molecule has 1 aromatic rings. The summed E-state index contributed by atoms with van der Waals surface area (Å²) < 4.78 is 27.3. The molecule has 0 amide bonds. The van der Waals surface area contributed by atoms with Gasteiger partial charge in [-0.3, -0.25) is 0 Å². The summed E-state index contributed by atoms with van der Waals surface area (Å²) in [7, 11) is -3.58. The zero-order valence-corrected chi connectivity index (χ0v) is 13.3. The average molecular weight is 334 g/mol. The third kappa shape index (κ3) is 2.84. The fraction of sp³-hybridized carbons (Fsp3) is 0.571. The normalized spacial score (nSPS) is 29.0. The van der Waals surface area contributed by atoms with Crippen LogP contribution in [0.25, 0.3) is 0 Å². The Hall–Kier alpha value is -0.290. The second kappa shape index (κ2) is 5.48. The number of nitrogens with one attached hydrogen (secondary N) is 1. The quantitative estimate of drug-likeness (QED) is 0.912. The van der Waals surface area contributed by atoms with Gasteiger partial charge in [-0.05, 0) is 55.2 Å². The van der Waals surface area contributed by atoms with Crippen LogP contribution in [0.2, 0.25) is 10.0 Å². The highest BCUT2D eigenvalue weighted by molar-refractivity contribution is 7.89. The van der Waals surface area contributed by atoms with E-state index in [1.807, 2.05) is 0 Å². The van der Waals surface area contributed by atoms with Crippen LogP contribution in [0.4, 0.5) is 0 Å².